The molecule has 8 nitrogen and oxygen atoms in total. The lowest BCUT2D eigenvalue weighted by molar-refractivity contribution is 0.0597. The van der Waals surface area contributed by atoms with Crippen LogP contribution in [0.2, 0.25) is 0 Å². The second kappa shape index (κ2) is 7.64. The quantitative estimate of drug-likeness (QED) is 0.550. The van der Waals surface area contributed by atoms with Crippen LogP contribution >= 0.6 is 11.8 Å². The number of aromatic nitrogens is 2. The van der Waals surface area contributed by atoms with Gasteiger partial charge in [0.05, 0.1) is 18.6 Å². The van der Waals surface area contributed by atoms with Gasteiger partial charge in [-0.15, -0.1) is 0 Å². The molecule has 0 unspecified atom stereocenters. The van der Waals surface area contributed by atoms with E-state index < -0.39 is 23.2 Å². The van der Waals surface area contributed by atoms with Gasteiger partial charge in [0.2, 0.25) is 0 Å². The average molecular weight is 349 g/mol. The summed E-state index contributed by atoms with van der Waals surface area (Å²) in [6, 6.07) is 5.31. The Kier molecular flexibility index (Phi) is 5.59. The van der Waals surface area contributed by atoms with Crippen LogP contribution in [0.25, 0.3) is 0 Å². The lowest BCUT2D eigenvalue weighted by Crippen LogP contribution is -2.20. The molecule has 1 amide bonds. The SMILES string of the molecule is COC(=O)c1cccc(NC(=O)c2cc(=O)[nH]c(CSC)n2)c1O. The smallest absolute Gasteiger partial charge is 0.341 e. The molecule has 0 bridgehead atoms. The molecule has 3 N–H and O–H groups in total. The third kappa shape index (κ3) is 3.93. The first kappa shape index (κ1) is 17.5. The van der Waals surface area contributed by atoms with Crippen molar-refractivity contribution >= 4 is 29.3 Å². The number of methoxy groups -OCH3 is 1. The maximum absolute atomic E-state index is 12.3. The van der Waals surface area contributed by atoms with Crippen molar-refractivity contribution in [2.75, 3.05) is 18.7 Å². The molecule has 2 aromatic rings. The van der Waals surface area contributed by atoms with Crippen LogP contribution in [0.5, 0.6) is 5.75 Å². The van der Waals surface area contributed by atoms with Gasteiger partial charge in [-0.3, -0.25) is 9.59 Å². The lowest BCUT2D eigenvalue weighted by atomic mass is 10.1. The highest BCUT2D eigenvalue weighted by Crippen LogP contribution is 2.28. The highest BCUT2D eigenvalue weighted by atomic mass is 32.2. The molecule has 0 aliphatic heterocycles. The first-order chi connectivity index (χ1) is 11.5. The zero-order valence-electron chi connectivity index (χ0n) is 13.0. The van der Waals surface area contributed by atoms with E-state index in [1.54, 1.807) is 0 Å². The number of thioether (sulfide) groups is 1. The molecule has 0 atom stereocenters. The van der Waals surface area contributed by atoms with Crippen molar-refractivity contribution in [3.8, 4) is 5.75 Å². The van der Waals surface area contributed by atoms with E-state index in [1.807, 2.05) is 6.26 Å². The fourth-order valence-corrected chi connectivity index (χ4v) is 2.35. The van der Waals surface area contributed by atoms with E-state index in [-0.39, 0.29) is 16.9 Å². The number of hydrogen-bond acceptors (Lipinski definition) is 7. The monoisotopic (exact) mass is 349 g/mol. The predicted molar refractivity (Wildman–Crippen MR) is 89.5 cm³/mol. The number of H-pyrrole nitrogens is 1. The molecule has 1 heterocycles. The van der Waals surface area contributed by atoms with Gasteiger partial charge in [-0.2, -0.15) is 11.8 Å². The summed E-state index contributed by atoms with van der Waals surface area (Å²) in [5, 5.41) is 12.5. The number of rotatable bonds is 5. The number of carbonyl (C=O) groups is 2. The number of aromatic hydroxyl groups is 1. The number of carbonyl (C=O) groups excluding carboxylic acids is 2. The number of para-hydroxylation sites is 1. The summed E-state index contributed by atoms with van der Waals surface area (Å²) in [6.07, 6.45) is 1.84. The molecule has 0 saturated carbocycles. The molecule has 9 heteroatoms. The van der Waals surface area contributed by atoms with Crippen molar-refractivity contribution in [3.05, 3.63) is 51.7 Å². The van der Waals surface area contributed by atoms with Crippen molar-refractivity contribution < 1.29 is 19.4 Å². The number of benzene rings is 1. The van der Waals surface area contributed by atoms with Gasteiger partial charge >= 0.3 is 5.97 Å². The van der Waals surface area contributed by atoms with Crippen LogP contribution in [0.15, 0.2) is 29.1 Å². The minimum absolute atomic E-state index is 0.0106. The van der Waals surface area contributed by atoms with Gasteiger partial charge in [0.25, 0.3) is 11.5 Å². The van der Waals surface area contributed by atoms with Crippen LogP contribution < -0.4 is 10.9 Å². The van der Waals surface area contributed by atoms with E-state index in [9.17, 15) is 19.5 Å². The van der Waals surface area contributed by atoms with Crippen LogP contribution in [-0.4, -0.2) is 40.3 Å². The number of aromatic amines is 1. The molecule has 126 valence electrons. The summed E-state index contributed by atoms with van der Waals surface area (Å²) < 4.78 is 4.55. The maximum Gasteiger partial charge on any atom is 0.341 e. The molecule has 0 spiro atoms. The van der Waals surface area contributed by atoms with Crippen LogP contribution in [0.1, 0.15) is 26.7 Å². The summed E-state index contributed by atoms with van der Waals surface area (Å²) >= 11 is 1.44. The Bertz CT molecular complexity index is 834. The average Bonchev–Trinajstić information content (AvgIpc) is 2.55. The van der Waals surface area contributed by atoms with Crippen molar-refractivity contribution in [2.45, 2.75) is 5.75 Å². The first-order valence-corrected chi connectivity index (χ1v) is 8.16. The third-order valence-corrected chi connectivity index (χ3v) is 3.56. The first-order valence-electron chi connectivity index (χ1n) is 6.77. The molecule has 0 saturated heterocycles. The molecular weight excluding hydrogens is 334 g/mol. The second-order valence-electron chi connectivity index (χ2n) is 4.66. The summed E-state index contributed by atoms with van der Waals surface area (Å²) in [5.41, 5.74) is -0.619. The molecule has 0 aliphatic carbocycles. The predicted octanol–water partition coefficient (Wildman–Crippen LogP) is 1.38. The zero-order chi connectivity index (χ0) is 17.7. The van der Waals surface area contributed by atoms with E-state index in [0.717, 1.165) is 6.07 Å². The van der Waals surface area contributed by atoms with Crippen LogP contribution in [-0.2, 0) is 10.5 Å². The van der Waals surface area contributed by atoms with E-state index in [1.165, 1.54) is 37.1 Å². The van der Waals surface area contributed by atoms with Crippen LogP contribution in [0.3, 0.4) is 0 Å². The highest BCUT2D eigenvalue weighted by Gasteiger charge is 2.17. The summed E-state index contributed by atoms with van der Waals surface area (Å²) in [4.78, 5) is 42.0. The molecule has 1 aromatic heterocycles. The normalized spacial score (nSPS) is 10.2. The van der Waals surface area contributed by atoms with Crippen molar-refractivity contribution in [1.29, 1.82) is 0 Å². The minimum Gasteiger partial charge on any atom is -0.505 e. The van der Waals surface area contributed by atoms with Crippen molar-refractivity contribution in [3.63, 3.8) is 0 Å². The summed E-state index contributed by atoms with van der Waals surface area (Å²) in [5.74, 6) is -1.03. The summed E-state index contributed by atoms with van der Waals surface area (Å²) in [6.45, 7) is 0. The van der Waals surface area contributed by atoms with Gasteiger partial charge in [0.15, 0.2) is 5.75 Å². The maximum atomic E-state index is 12.3. The Morgan fingerprint density at radius 1 is 1.42 bits per heavy atom. The number of anilines is 1. The zero-order valence-corrected chi connectivity index (χ0v) is 13.8. The second-order valence-corrected chi connectivity index (χ2v) is 5.52. The number of esters is 1. The Labute approximate surface area is 141 Å². The van der Waals surface area contributed by atoms with Crippen molar-refractivity contribution in [2.24, 2.45) is 0 Å². The number of ether oxygens (including phenoxy) is 1. The van der Waals surface area contributed by atoms with Gasteiger partial charge in [-0.25, -0.2) is 9.78 Å². The molecule has 0 aliphatic rings. The lowest BCUT2D eigenvalue weighted by Gasteiger charge is -2.10. The van der Waals surface area contributed by atoms with Crippen LogP contribution in [0.4, 0.5) is 5.69 Å². The van der Waals surface area contributed by atoms with Crippen LogP contribution in [0, 0.1) is 0 Å². The Hall–Kier alpha value is -2.81. The topological polar surface area (TPSA) is 121 Å². The van der Waals surface area contributed by atoms with Gasteiger partial charge in [-0.1, -0.05) is 6.07 Å². The molecule has 0 radical (unpaired) electrons. The summed E-state index contributed by atoms with van der Waals surface area (Å²) in [7, 11) is 1.18. The number of nitrogens with zero attached hydrogens (tertiary/aromatic N) is 1. The Morgan fingerprint density at radius 3 is 2.83 bits per heavy atom. The number of nitrogens with one attached hydrogen (secondary N) is 2. The van der Waals surface area contributed by atoms with Crippen molar-refractivity contribution in [1.82, 2.24) is 9.97 Å². The van der Waals surface area contributed by atoms with E-state index >= 15 is 0 Å². The van der Waals surface area contributed by atoms with Gasteiger partial charge in [0.1, 0.15) is 17.1 Å². The standard InChI is InChI=1S/C15H15N3O5S/c1-23-15(22)8-4-3-5-9(13(8)20)17-14(21)10-6-12(19)18-11(16-10)7-24-2/h3-6,20H,7H2,1-2H3,(H,17,21)(H,16,18,19). The number of phenolic OH excluding ortho intramolecular Hbond substituents is 1. The Morgan fingerprint density at radius 2 is 2.17 bits per heavy atom. The highest BCUT2D eigenvalue weighted by molar-refractivity contribution is 7.97. The van der Waals surface area contributed by atoms with E-state index in [2.05, 4.69) is 20.0 Å². The Balaban J connectivity index is 2.30. The fourth-order valence-electron chi connectivity index (χ4n) is 1.93. The molecule has 2 rings (SSSR count). The number of phenols is 1. The third-order valence-electron chi connectivity index (χ3n) is 2.99. The van der Waals surface area contributed by atoms with Gasteiger partial charge in [0, 0.05) is 6.07 Å². The molecule has 24 heavy (non-hydrogen) atoms. The number of amides is 1. The van der Waals surface area contributed by atoms with E-state index in [4.69, 9.17) is 0 Å². The largest absolute Gasteiger partial charge is 0.505 e. The van der Waals surface area contributed by atoms with Gasteiger partial charge in [-0.05, 0) is 18.4 Å². The number of hydrogen-bond donors (Lipinski definition) is 3. The molecule has 1 aromatic carbocycles. The molecular formula is C15H15N3O5S. The molecule has 0 fully saturated rings. The fraction of sp³-hybridized carbons (Fsp3) is 0.200. The van der Waals surface area contributed by atoms with Gasteiger partial charge < -0.3 is 20.1 Å². The van der Waals surface area contributed by atoms with E-state index in [0.29, 0.717) is 11.6 Å². The minimum atomic E-state index is -0.736.